The fraction of sp³-hybridized carbons (Fsp3) is 0.316. The molecule has 1 amide bonds. The van der Waals surface area contributed by atoms with Crippen LogP contribution in [0.2, 0.25) is 0 Å². The van der Waals surface area contributed by atoms with Crippen molar-refractivity contribution in [3.05, 3.63) is 71.3 Å². The predicted octanol–water partition coefficient (Wildman–Crippen LogP) is 3.62. The number of carbonyl (C=O) groups is 1. The maximum atomic E-state index is 12.8. The summed E-state index contributed by atoms with van der Waals surface area (Å²) in [7, 11) is 1.73. The van der Waals surface area contributed by atoms with Crippen LogP contribution in [0.4, 0.5) is 0 Å². The van der Waals surface area contributed by atoms with E-state index in [1.54, 1.807) is 7.05 Å². The van der Waals surface area contributed by atoms with Crippen molar-refractivity contribution < 1.29 is 4.79 Å². The Morgan fingerprint density at radius 3 is 2.48 bits per heavy atom. The molecule has 0 radical (unpaired) electrons. The monoisotopic (exact) mass is 279 g/mol. The Labute approximate surface area is 126 Å². The molecule has 0 unspecified atom stereocenters. The van der Waals surface area contributed by atoms with Crippen LogP contribution in [0.25, 0.3) is 0 Å². The first-order valence-electron chi connectivity index (χ1n) is 7.57. The predicted molar refractivity (Wildman–Crippen MR) is 85.4 cm³/mol. The van der Waals surface area contributed by atoms with Crippen LogP contribution in [-0.2, 0) is 10.2 Å². The molecule has 0 aliphatic heterocycles. The molecule has 1 N–H and O–H groups in total. The summed E-state index contributed by atoms with van der Waals surface area (Å²) in [6.45, 7) is 2.25. The number of fused-ring (bicyclic) bond motifs is 1. The molecule has 21 heavy (non-hydrogen) atoms. The van der Waals surface area contributed by atoms with Gasteiger partial charge in [0.1, 0.15) is 0 Å². The average Bonchev–Trinajstić information content (AvgIpc) is 2.56. The summed E-state index contributed by atoms with van der Waals surface area (Å²) in [5.74, 6) is 0.593. The van der Waals surface area contributed by atoms with Gasteiger partial charge in [0.2, 0.25) is 5.91 Å². The highest BCUT2D eigenvalue weighted by molar-refractivity contribution is 5.92. The van der Waals surface area contributed by atoms with E-state index in [9.17, 15) is 4.79 Å². The van der Waals surface area contributed by atoms with E-state index in [2.05, 4.69) is 42.6 Å². The van der Waals surface area contributed by atoms with Crippen LogP contribution in [-0.4, -0.2) is 13.0 Å². The molecule has 0 heterocycles. The summed E-state index contributed by atoms with van der Waals surface area (Å²) in [6.07, 6.45) is 1.88. The number of hydrogen-bond donors (Lipinski definition) is 1. The molecule has 2 aromatic rings. The lowest BCUT2D eigenvalue weighted by Gasteiger charge is -2.40. The van der Waals surface area contributed by atoms with E-state index in [4.69, 9.17) is 0 Å². The van der Waals surface area contributed by atoms with Crippen molar-refractivity contribution in [1.29, 1.82) is 0 Å². The molecule has 2 atom stereocenters. The third kappa shape index (κ3) is 2.06. The summed E-state index contributed by atoms with van der Waals surface area (Å²) in [4.78, 5) is 12.8. The van der Waals surface area contributed by atoms with Gasteiger partial charge in [0, 0.05) is 7.05 Å². The average molecular weight is 279 g/mol. The SMILES string of the molecule is CNC(=O)[C@@]1(c2ccccc2)CC[C@H](C)c2ccccc21. The molecule has 0 spiro atoms. The molecular weight excluding hydrogens is 258 g/mol. The van der Waals surface area contributed by atoms with Crippen molar-refractivity contribution in [3.63, 3.8) is 0 Å². The van der Waals surface area contributed by atoms with Gasteiger partial charge in [-0.3, -0.25) is 4.79 Å². The molecule has 0 bridgehead atoms. The molecule has 2 heteroatoms. The van der Waals surface area contributed by atoms with Crippen molar-refractivity contribution in [2.75, 3.05) is 7.05 Å². The maximum Gasteiger partial charge on any atom is 0.234 e. The molecule has 2 aromatic carbocycles. The first kappa shape index (κ1) is 13.9. The Balaban J connectivity index is 2.28. The van der Waals surface area contributed by atoms with Crippen molar-refractivity contribution >= 4 is 5.91 Å². The standard InChI is InChI=1S/C19H21NO/c1-14-12-13-19(18(21)20-2,15-8-4-3-5-9-15)17-11-7-6-10-16(14)17/h3-11,14H,12-13H2,1-2H3,(H,20,21)/t14-,19+/m0/s1. The van der Waals surface area contributed by atoms with E-state index in [1.165, 1.54) is 5.56 Å². The minimum atomic E-state index is -0.556. The molecular formula is C19H21NO. The normalized spacial score (nSPS) is 24.2. The summed E-state index contributed by atoms with van der Waals surface area (Å²) in [6, 6.07) is 18.6. The zero-order valence-electron chi connectivity index (χ0n) is 12.6. The number of benzene rings is 2. The van der Waals surface area contributed by atoms with Crippen LogP contribution in [0.5, 0.6) is 0 Å². The maximum absolute atomic E-state index is 12.8. The Hall–Kier alpha value is -2.09. The highest BCUT2D eigenvalue weighted by Gasteiger charge is 2.45. The first-order valence-corrected chi connectivity index (χ1v) is 7.57. The smallest absolute Gasteiger partial charge is 0.234 e. The number of hydrogen-bond acceptors (Lipinski definition) is 1. The lowest BCUT2D eigenvalue weighted by atomic mass is 9.63. The van der Waals surface area contributed by atoms with Crippen molar-refractivity contribution in [3.8, 4) is 0 Å². The fourth-order valence-electron chi connectivity index (χ4n) is 3.64. The van der Waals surface area contributed by atoms with E-state index in [-0.39, 0.29) is 5.91 Å². The molecule has 108 valence electrons. The molecule has 0 saturated heterocycles. The van der Waals surface area contributed by atoms with E-state index < -0.39 is 5.41 Å². The molecule has 1 aliphatic carbocycles. The summed E-state index contributed by atoms with van der Waals surface area (Å²) < 4.78 is 0. The summed E-state index contributed by atoms with van der Waals surface area (Å²) >= 11 is 0. The van der Waals surface area contributed by atoms with Gasteiger partial charge < -0.3 is 5.32 Å². The van der Waals surface area contributed by atoms with Gasteiger partial charge in [-0.05, 0) is 35.4 Å². The van der Waals surface area contributed by atoms with Gasteiger partial charge >= 0.3 is 0 Å². The fourth-order valence-corrected chi connectivity index (χ4v) is 3.64. The second kappa shape index (κ2) is 5.36. The molecule has 2 nitrogen and oxygen atoms in total. The minimum Gasteiger partial charge on any atom is -0.358 e. The minimum absolute atomic E-state index is 0.0908. The molecule has 0 aromatic heterocycles. The lowest BCUT2D eigenvalue weighted by molar-refractivity contribution is -0.125. The number of likely N-dealkylation sites (N-methyl/N-ethyl adjacent to an activating group) is 1. The van der Waals surface area contributed by atoms with E-state index in [0.29, 0.717) is 5.92 Å². The van der Waals surface area contributed by atoms with Crippen LogP contribution in [0.15, 0.2) is 54.6 Å². The van der Waals surface area contributed by atoms with Gasteiger partial charge in [-0.1, -0.05) is 61.5 Å². The Kier molecular flexibility index (Phi) is 3.54. The highest BCUT2D eigenvalue weighted by Crippen LogP contribution is 2.46. The molecule has 0 saturated carbocycles. The van der Waals surface area contributed by atoms with E-state index >= 15 is 0 Å². The van der Waals surface area contributed by atoms with Crippen LogP contribution in [0.3, 0.4) is 0 Å². The summed E-state index contributed by atoms with van der Waals surface area (Å²) in [5.41, 5.74) is 2.99. The third-order valence-electron chi connectivity index (χ3n) is 4.79. The zero-order valence-corrected chi connectivity index (χ0v) is 12.6. The lowest BCUT2D eigenvalue weighted by Crippen LogP contribution is -2.46. The number of rotatable bonds is 2. The van der Waals surface area contributed by atoms with Crippen molar-refractivity contribution in [2.45, 2.75) is 31.1 Å². The second-order valence-corrected chi connectivity index (χ2v) is 5.88. The Morgan fingerprint density at radius 1 is 1.10 bits per heavy atom. The van der Waals surface area contributed by atoms with Gasteiger partial charge in [0.05, 0.1) is 5.41 Å². The Morgan fingerprint density at radius 2 is 1.76 bits per heavy atom. The van der Waals surface area contributed by atoms with E-state index in [1.807, 2.05) is 24.3 Å². The van der Waals surface area contributed by atoms with Crippen LogP contribution < -0.4 is 5.32 Å². The molecule has 3 rings (SSSR count). The highest BCUT2D eigenvalue weighted by atomic mass is 16.2. The largest absolute Gasteiger partial charge is 0.358 e. The van der Waals surface area contributed by atoms with Gasteiger partial charge in [-0.2, -0.15) is 0 Å². The first-order chi connectivity index (χ1) is 10.2. The number of carbonyl (C=O) groups excluding carboxylic acids is 1. The second-order valence-electron chi connectivity index (χ2n) is 5.88. The van der Waals surface area contributed by atoms with Crippen LogP contribution in [0, 0.1) is 0 Å². The van der Waals surface area contributed by atoms with Crippen molar-refractivity contribution in [2.24, 2.45) is 0 Å². The molecule has 0 fully saturated rings. The van der Waals surface area contributed by atoms with Gasteiger partial charge in [-0.25, -0.2) is 0 Å². The quantitative estimate of drug-likeness (QED) is 0.894. The topological polar surface area (TPSA) is 29.1 Å². The van der Waals surface area contributed by atoms with Crippen LogP contribution in [0.1, 0.15) is 42.4 Å². The zero-order chi connectivity index (χ0) is 14.9. The summed E-state index contributed by atoms with van der Waals surface area (Å²) in [5, 5.41) is 2.89. The molecule has 1 aliphatic rings. The van der Waals surface area contributed by atoms with Gasteiger partial charge in [0.25, 0.3) is 0 Å². The van der Waals surface area contributed by atoms with Crippen molar-refractivity contribution in [1.82, 2.24) is 5.32 Å². The third-order valence-corrected chi connectivity index (χ3v) is 4.79. The number of amides is 1. The number of nitrogens with one attached hydrogen (secondary N) is 1. The Bertz CT molecular complexity index is 650. The van der Waals surface area contributed by atoms with E-state index in [0.717, 1.165) is 24.0 Å². The van der Waals surface area contributed by atoms with Crippen LogP contribution >= 0.6 is 0 Å². The van der Waals surface area contributed by atoms with Gasteiger partial charge in [0.15, 0.2) is 0 Å². The van der Waals surface area contributed by atoms with Gasteiger partial charge in [-0.15, -0.1) is 0 Å².